The number of hydrogen-bond donors (Lipinski definition) is 2. The van der Waals surface area contributed by atoms with Crippen molar-refractivity contribution in [2.45, 2.75) is 19.6 Å². The van der Waals surface area contributed by atoms with Crippen LogP contribution in [0.25, 0.3) is 11.4 Å². The second-order valence-electron chi connectivity index (χ2n) is 6.35. The Bertz CT molecular complexity index is 1120. The van der Waals surface area contributed by atoms with Gasteiger partial charge < -0.3 is 10.3 Å². The predicted molar refractivity (Wildman–Crippen MR) is 98.2 cm³/mol. The minimum atomic E-state index is -4.45. The molecule has 0 aliphatic carbocycles. The average molecular weight is 400 g/mol. The molecule has 4 heterocycles. The van der Waals surface area contributed by atoms with Crippen molar-refractivity contribution < 1.29 is 13.2 Å². The molecule has 4 aromatic rings. The first-order chi connectivity index (χ1) is 13.9. The number of aromatic amines is 1. The summed E-state index contributed by atoms with van der Waals surface area (Å²) in [6.45, 7) is 2.32. The van der Waals surface area contributed by atoms with Gasteiger partial charge in [-0.1, -0.05) is 5.21 Å². The molecule has 0 unspecified atom stereocenters. The van der Waals surface area contributed by atoms with E-state index in [0.717, 1.165) is 29.6 Å². The average Bonchev–Trinajstić information content (AvgIpc) is 3.33. The van der Waals surface area contributed by atoms with E-state index >= 15 is 0 Å². The van der Waals surface area contributed by atoms with Gasteiger partial charge in [-0.2, -0.15) is 13.2 Å². The van der Waals surface area contributed by atoms with Gasteiger partial charge in [-0.25, -0.2) is 19.6 Å². The molecule has 0 aliphatic heterocycles. The maximum Gasteiger partial charge on any atom is 0.416 e. The van der Waals surface area contributed by atoms with Gasteiger partial charge in [0.25, 0.3) is 0 Å². The van der Waals surface area contributed by atoms with Crippen molar-refractivity contribution in [1.29, 1.82) is 0 Å². The van der Waals surface area contributed by atoms with Gasteiger partial charge in [0.1, 0.15) is 17.3 Å². The minimum Gasteiger partial charge on any atom is -0.347 e. The van der Waals surface area contributed by atoms with Crippen molar-refractivity contribution in [3.63, 3.8) is 0 Å². The molecule has 0 fully saturated rings. The molecule has 0 saturated carbocycles. The molecule has 2 N–H and O–H groups in total. The Kier molecular flexibility index (Phi) is 4.71. The Morgan fingerprint density at radius 2 is 2.00 bits per heavy atom. The second-order valence-corrected chi connectivity index (χ2v) is 6.35. The molecule has 0 aliphatic rings. The lowest BCUT2D eigenvalue weighted by molar-refractivity contribution is -0.137. The fourth-order valence-corrected chi connectivity index (χ4v) is 2.71. The van der Waals surface area contributed by atoms with Gasteiger partial charge in [-0.15, -0.1) is 5.10 Å². The molecular formula is C18H15F3N8. The van der Waals surface area contributed by atoms with E-state index in [0.29, 0.717) is 23.8 Å². The van der Waals surface area contributed by atoms with E-state index in [4.69, 9.17) is 0 Å². The normalized spacial score (nSPS) is 11.6. The number of aryl methyl sites for hydroxylation is 1. The van der Waals surface area contributed by atoms with Gasteiger partial charge in [-0.05, 0) is 36.8 Å². The third-order valence-corrected chi connectivity index (χ3v) is 4.00. The summed E-state index contributed by atoms with van der Waals surface area (Å²) in [4.78, 5) is 15.3. The van der Waals surface area contributed by atoms with Crippen LogP contribution in [0, 0.1) is 6.92 Å². The van der Waals surface area contributed by atoms with E-state index in [1.165, 1.54) is 0 Å². The Hall–Kier alpha value is -3.76. The number of nitrogens with zero attached hydrogens (tertiary/aromatic N) is 6. The number of imidazole rings is 1. The van der Waals surface area contributed by atoms with Gasteiger partial charge in [0.2, 0.25) is 0 Å². The first-order valence-electron chi connectivity index (χ1n) is 8.53. The Morgan fingerprint density at radius 1 is 1.14 bits per heavy atom. The molecule has 8 nitrogen and oxygen atoms in total. The van der Waals surface area contributed by atoms with E-state index in [2.05, 4.69) is 35.6 Å². The summed E-state index contributed by atoms with van der Waals surface area (Å²) in [7, 11) is 0. The van der Waals surface area contributed by atoms with Crippen LogP contribution in [0.5, 0.6) is 0 Å². The van der Waals surface area contributed by atoms with Crippen LogP contribution in [0.1, 0.15) is 16.8 Å². The zero-order valence-corrected chi connectivity index (χ0v) is 15.1. The molecule has 148 valence electrons. The molecule has 11 heteroatoms. The lowest BCUT2D eigenvalue weighted by Gasteiger charge is -2.10. The molecule has 0 bridgehead atoms. The summed E-state index contributed by atoms with van der Waals surface area (Å²) in [5, 5.41) is 11.0. The quantitative estimate of drug-likeness (QED) is 0.532. The molecule has 4 rings (SSSR count). The SMILES string of the molecule is Cc1cc(Nc2cc(C(F)(F)F)ccn2)nc(-c2cn(Cc3cnc[nH]3)nn2)c1. The topological polar surface area (TPSA) is 97.2 Å². The molecule has 0 saturated heterocycles. The number of hydrogen-bond acceptors (Lipinski definition) is 6. The number of alkyl halides is 3. The standard InChI is InChI=1S/C18H15F3N8/c1-11-4-14(15-9-29(28-27-15)8-13-7-22-10-24-13)25-17(5-11)26-16-6-12(2-3-23-16)18(19,20)21/h2-7,9-10H,8H2,1H3,(H,22,24)(H,23,25,26). The number of H-pyrrole nitrogens is 1. The van der Waals surface area contributed by atoms with Crippen molar-refractivity contribution in [3.8, 4) is 11.4 Å². The van der Waals surface area contributed by atoms with Crippen LogP contribution in [0.3, 0.4) is 0 Å². The van der Waals surface area contributed by atoms with Crippen LogP contribution < -0.4 is 5.32 Å². The Balaban J connectivity index is 1.58. The summed E-state index contributed by atoms with van der Waals surface area (Å²) in [6.07, 6.45) is 1.65. The molecule has 0 spiro atoms. The van der Waals surface area contributed by atoms with Crippen molar-refractivity contribution >= 4 is 11.6 Å². The number of pyridine rings is 2. The zero-order valence-electron chi connectivity index (χ0n) is 15.1. The third kappa shape index (κ3) is 4.39. The predicted octanol–water partition coefficient (Wildman–Crippen LogP) is 3.58. The minimum absolute atomic E-state index is 0.0479. The van der Waals surface area contributed by atoms with Gasteiger partial charge in [0, 0.05) is 12.4 Å². The van der Waals surface area contributed by atoms with E-state index in [9.17, 15) is 13.2 Å². The fourth-order valence-electron chi connectivity index (χ4n) is 2.71. The highest BCUT2D eigenvalue weighted by Gasteiger charge is 2.30. The molecule has 0 radical (unpaired) electrons. The first kappa shape index (κ1) is 18.6. The fraction of sp³-hybridized carbons (Fsp3) is 0.167. The Morgan fingerprint density at radius 3 is 2.76 bits per heavy atom. The monoisotopic (exact) mass is 400 g/mol. The second kappa shape index (κ2) is 7.34. The van der Waals surface area contributed by atoms with Crippen LogP contribution in [0.2, 0.25) is 0 Å². The number of aromatic nitrogens is 7. The highest BCUT2D eigenvalue weighted by atomic mass is 19.4. The highest BCUT2D eigenvalue weighted by molar-refractivity contribution is 5.61. The lowest BCUT2D eigenvalue weighted by atomic mass is 10.2. The largest absolute Gasteiger partial charge is 0.416 e. The summed E-state index contributed by atoms with van der Waals surface area (Å²) < 4.78 is 40.3. The van der Waals surface area contributed by atoms with Gasteiger partial charge in [0.15, 0.2) is 0 Å². The summed E-state index contributed by atoms with van der Waals surface area (Å²) >= 11 is 0. The maximum atomic E-state index is 12.9. The number of rotatable bonds is 5. The smallest absolute Gasteiger partial charge is 0.347 e. The number of nitrogens with one attached hydrogen (secondary N) is 2. The zero-order chi connectivity index (χ0) is 20.4. The lowest BCUT2D eigenvalue weighted by Crippen LogP contribution is -2.06. The van der Waals surface area contributed by atoms with Gasteiger partial charge in [-0.3, -0.25) is 0 Å². The molecule has 0 amide bonds. The van der Waals surface area contributed by atoms with Crippen LogP contribution in [0.15, 0.2) is 49.2 Å². The van der Waals surface area contributed by atoms with Crippen molar-refractivity contribution in [3.05, 3.63) is 66.0 Å². The number of anilines is 2. The van der Waals surface area contributed by atoms with E-state index in [1.54, 1.807) is 29.5 Å². The third-order valence-electron chi connectivity index (χ3n) is 4.00. The van der Waals surface area contributed by atoms with Crippen LogP contribution >= 0.6 is 0 Å². The molecular weight excluding hydrogens is 385 g/mol. The molecule has 29 heavy (non-hydrogen) atoms. The van der Waals surface area contributed by atoms with Gasteiger partial charge >= 0.3 is 6.18 Å². The van der Waals surface area contributed by atoms with E-state index in [1.807, 2.05) is 13.0 Å². The molecule has 4 aromatic heterocycles. The first-order valence-corrected chi connectivity index (χ1v) is 8.53. The Labute approximate surface area is 162 Å². The molecule has 0 aromatic carbocycles. The van der Waals surface area contributed by atoms with Crippen LogP contribution in [-0.2, 0) is 12.7 Å². The maximum absolute atomic E-state index is 12.9. The van der Waals surface area contributed by atoms with Crippen molar-refractivity contribution in [2.24, 2.45) is 0 Å². The van der Waals surface area contributed by atoms with E-state index < -0.39 is 11.7 Å². The summed E-state index contributed by atoms with van der Waals surface area (Å²) in [6, 6.07) is 5.37. The van der Waals surface area contributed by atoms with Crippen molar-refractivity contribution in [1.82, 2.24) is 34.9 Å². The highest BCUT2D eigenvalue weighted by Crippen LogP contribution is 2.30. The van der Waals surface area contributed by atoms with E-state index in [-0.39, 0.29) is 5.82 Å². The number of halogens is 3. The summed E-state index contributed by atoms with van der Waals surface area (Å²) in [5.74, 6) is 0.404. The summed E-state index contributed by atoms with van der Waals surface area (Å²) in [5.41, 5.74) is 2.01. The van der Waals surface area contributed by atoms with Crippen molar-refractivity contribution in [2.75, 3.05) is 5.32 Å². The van der Waals surface area contributed by atoms with Crippen LogP contribution in [0.4, 0.5) is 24.8 Å². The van der Waals surface area contributed by atoms with Crippen LogP contribution in [-0.4, -0.2) is 34.9 Å². The molecule has 0 atom stereocenters. The van der Waals surface area contributed by atoms with Gasteiger partial charge in [0.05, 0.1) is 36.0 Å².